The van der Waals surface area contributed by atoms with Crippen LogP contribution in [0.4, 0.5) is 17.1 Å². The predicted octanol–water partition coefficient (Wildman–Crippen LogP) is 12.6. The Bertz CT molecular complexity index is 2550. The zero-order valence-corrected chi connectivity index (χ0v) is 24.7. The molecule has 210 valence electrons. The van der Waals surface area contributed by atoms with E-state index in [0.29, 0.717) is 0 Å². The molecule has 0 atom stereocenters. The molecule has 0 heterocycles. The fraction of sp³-hybridized carbons (Fsp3) is 0. The van der Waals surface area contributed by atoms with Gasteiger partial charge in [0.1, 0.15) is 0 Å². The number of hydrogen-bond donors (Lipinski definition) is 0. The minimum atomic E-state index is 1.13. The van der Waals surface area contributed by atoms with Gasteiger partial charge >= 0.3 is 0 Å². The number of benzene rings is 9. The molecule has 0 N–H and O–H groups in total. The highest BCUT2D eigenvalue weighted by molar-refractivity contribution is 6.18. The minimum Gasteiger partial charge on any atom is -0.310 e. The van der Waals surface area contributed by atoms with Crippen molar-refractivity contribution in [2.45, 2.75) is 0 Å². The normalized spacial score (nSPS) is 11.6. The second-order valence-electron chi connectivity index (χ2n) is 11.8. The van der Waals surface area contributed by atoms with Gasteiger partial charge in [0.2, 0.25) is 0 Å². The summed E-state index contributed by atoms with van der Waals surface area (Å²) in [5, 5.41) is 12.6. The lowest BCUT2D eigenvalue weighted by Gasteiger charge is -2.28. The van der Waals surface area contributed by atoms with Crippen LogP contribution in [0.25, 0.3) is 65.0 Å². The van der Waals surface area contributed by atoms with Crippen LogP contribution in [0.15, 0.2) is 176 Å². The molecule has 9 aromatic rings. The molecular formula is C44H29N. The average Bonchev–Trinajstić information content (AvgIpc) is 3.12. The van der Waals surface area contributed by atoms with Crippen molar-refractivity contribution in [3.63, 3.8) is 0 Å². The topological polar surface area (TPSA) is 3.24 Å². The van der Waals surface area contributed by atoms with E-state index in [1.54, 1.807) is 0 Å². The Balaban J connectivity index is 1.31. The van der Waals surface area contributed by atoms with E-state index in [1.165, 1.54) is 70.7 Å². The Morgan fingerprint density at radius 1 is 0.267 bits per heavy atom. The number of fused-ring (bicyclic) bond motifs is 8. The van der Waals surface area contributed by atoms with Crippen LogP contribution in [0.1, 0.15) is 0 Å². The smallest absolute Gasteiger partial charge is 0.0546 e. The Morgan fingerprint density at radius 3 is 1.58 bits per heavy atom. The molecule has 45 heavy (non-hydrogen) atoms. The van der Waals surface area contributed by atoms with Gasteiger partial charge in [0.15, 0.2) is 0 Å². The van der Waals surface area contributed by atoms with Gasteiger partial charge in [-0.15, -0.1) is 0 Å². The highest BCUT2D eigenvalue weighted by Gasteiger charge is 2.19. The van der Waals surface area contributed by atoms with Crippen LogP contribution in [-0.4, -0.2) is 0 Å². The van der Waals surface area contributed by atoms with Crippen LogP contribution < -0.4 is 4.90 Å². The molecule has 0 aliphatic rings. The van der Waals surface area contributed by atoms with Crippen molar-refractivity contribution >= 4 is 70.9 Å². The number of anilines is 3. The third-order valence-electron chi connectivity index (χ3n) is 9.18. The quantitative estimate of drug-likeness (QED) is 0.190. The molecule has 1 nitrogen and oxygen atoms in total. The summed E-state index contributed by atoms with van der Waals surface area (Å²) in [6, 6.07) is 64.1. The standard InChI is InChI=1S/C44H29N/c1-2-11-30(12-3-1)32-15-10-16-35(27-32)45(44-29-33-14-5-7-18-38(33)40-19-8-9-20-43(40)44)36-23-26-39-34(28-36)22-25-41-37-17-6-4-13-31(37)21-24-42(39)41/h1-29H. The van der Waals surface area contributed by atoms with Gasteiger partial charge < -0.3 is 4.90 Å². The van der Waals surface area contributed by atoms with Crippen molar-refractivity contribution in [1.29, 1.82) is 0 Å². The van der Waals surface area contributed by atoms with E-state index in [0.717, 1.165) is 11.4 Å². The van der Waals surface area contributed by atoms with Crippen LogP contribution in [0.5, 0.6) is 0 Å². The maximum Gasteiger partial charge on any atom is 0.0546 e. The van der Waals surface area contributed by atoms with Gasteiger partial charge in [-0.25, -0.2) is 0 Å². The molecule has 0 aliphatic carbocycles. The summed E-state index contributed by atoms with van der Waals surface area (Å²) in [6.45, 7) is 0. The van der Waals surface area contributed by atoms with Crippen LogP contribution in [-0.2, 0) is 0 Å². The van der Waals surface area contributed by atoms with Gasteiger partial charge in [0.05, 0.1) is 5.69 Å². The minimum absolute atomic E-state index is 1.13. The third-order valence-corrected chi connectivity index (χ3v) is 9.18. The molecule has 0 radical (unpaired) electrons. The van der Waals surface area contributed by atoms with Gasteiger partial charge in [-0.2, -0.15) is 0 Å². The summed E-state index contributed by atoms with van der Waals surface area (Å²) in [5.41, 5.74) is 5.83. The zero-order valence-electron chi connectivity index (χ0n) is 24.7. The van der Waals surface area contributed by atoms with E-state index < -0.39 is 0 Å². The molecule has 9 aromatic carbocycles. The zero-order chi connectivity index (χ0) is 29.7. The Hall–Kier alpha value is -5.92. The van der Waals surface area contributed by atoms with Crippen molar-refractivity contribution in [2.75, 3.05) is 4.90 Å². The SMILES string of the molecule is c1ccc(-c2cccc(N(c3ccc4c(ccc5c6ccccc6ccc45)c3)c3cc4ccccc4c4ccccc34)c2)cc1. The predicted molar refractivity (Wildman–Crippen MR) is 194 cm³/mol. The van der Waals surface area contributed by atoms with Gasteiger partial charge in [0, 0.05) is 16.8 Å². The fourth-order valence-electron chi connectivity index (χ4n) is 7.06. The van der Waals surface area contributed by atoms with Crippen molar-refractivity contribution in [3.05, 3.63) is 176 Å². The summed E-state index contributed by atoms with van der Waals surface area (Å²) in [7, 11) is 0. The average molecular weight is 572 g/mol. The molecule has 0 aromatic heterocycles. The molecule has 0 amide bonds. The number of nitrogens with zero attached hydrogens (tertiary/aromatic N) is 1. The molecule has 0 fully saturated rings. The molecule has 0 bridgehead atoms. The fourth-order valence-corrected chi connectivity index (χ4v) is 7.06. The second-order valence-corrected chi connectivity index (χ2v) is 11.8. The van der Waals surface area contributed by atoms with Crippen LogP contribution in [0, 0.1) is 0 Å². The molecular weight excluding hydrogens is 542 g/mol. The lowest BCUT2D eigenvalue weighted by Crippen LogP contribution is -2.11. The summed E-state index contributed by atoms with van der Waals surface area (Å²) >= 11 is 0. The maximum absolute atomic E-state index is 2.44. The third kappa shape index (κ3) is 4.24. The van der Waals surface area contributed by atoms with E-state index in [4.69, 9.17) is 0 Å². The van der Waals surface area contributed by atoms with E-state index in [9.17, 15) is 0 Å². The maximum atomic E-state index is 2.44. The summed E-state index contributed by atoms with van der Waals surface area (Å²) in [6.07, 6.45) is 0. The first-order chi connectivity index (χ1) is 22.3. The molecule has 1 heteroatoms. The van der Waals surface area contributed by atoms with Crippen LogP contribution in [0.2, 0.25) is 0 Å². The van der Waals surface area contributed by atoms with Crippen LogP contribution in [0.3, 0.4) is 0 Å². The van der Waals surface area contributed by atoms with E-state index in [1.807, 2.05) is 0 Å². The Labute approximate surface area is 262 Å². The van der Waals surface area contributed by atoms with Crippen molar-refractivity contribution in [1.82, 2.24) is 0 Å². The first-order valence-electron chi connectivity index (χ1n) is 15.5. The molecule has 0 saturated carbocycles. The Kier molecular flexibility index (Phi) is 5.89. The second kappa shape index (κ2) is 10.4. The highest BCUT2D eigenvalue weighted by Crippen LogP contribution is 2.44. The highest BCUT2D eigenvalue weighted by atomic mass is 15.1. The first-order valence-corrected chi connectivity index (χ1v) is 15.5. The summed E-state index contributed by atoms with van der Waals surface area (Å²) in [4.78, 5) is 2.44. The largest absolute Gasteiger partial charge is 0.310 e. The van der Waals surface area contributed by atoms with E-state index in [-0.39, 0.29) is 0 Å². The number of rotatable bonds is 4. The molecule has 0 saturated heterocycles. The van der Waals surface area contributed by atoms with Gasteiger partial charge in [-0.1, -0.05) is 146 Å². The van der Waals surface area contributed by atoms with Crippen molar-refractivity contribution in [2.24, 2.45) is 0 Å². The van der Waals surface area contributed by atoms with Crippen LogP contribution >= 0.6 is 0 Å². The molecule has 9 rings (SSSR count). The van der Waals surface area contributed by atoms with E-state index >= 15 is 0 Å². The lowest BCUT2D eigenvalue weighted by molar-refractivity contribution is 1.31. The van der Waals surface area contributed by atoms with E-state index in [2.05, 4.69) is 181 Å². The molecule has 0 unspecified atom stereocenters. The van der Waals surface area contributed by atoms with Crippen molar-refractivity contribution < 1.29 is 0 Å². The number of hydrogen-bond acceptors (Lipinski definition) is 1. The first kappa shape index (κ1) is 25.6. The lowest BCUT2D eigenvalue weighted by atomic mass is 9.96. The molecule has 0 spiro atoms. The summed E-state index contributed by atoms with van der Waals surface area (Å²) < 4.78 is 0. The summed E-state index contributed by atoms with van der Waals surface area (Å²) in [5.74, 6) is 0. The monoisotopic (exact) mass is 571 g/mol. The Morgan fingerprint density at radius 2 is 0.778 bits per heavy atom. The van der Waals surface area contributed by atoms with Gasteiger partial charge in [-0.05, 0) is 89.9 Å². The molecule has 0 aliphatic heterocycles. The van der Waals surface area contributed by atoms with Gasteiger partial charge in [-0.3, -0.25) is 0 Å². The van der Waals surface area contributed by atoms with Gasteiger partial charge in [0.25, 0.3) is 0 Å². The van der Waals surface area contributed by atoms with Crippen molar-refractivity contribution in [3.8, 4) is 11.1 Å².